The van der Waals surface area contributed by atoms with Crippen LogP contribution in [0.1, 0.15) is 42.9 Å². The quantitative estimate of drug-likeness (QED) is 0.885. The fourth-order valence-electron chi connectivity index (χ4n) is 4.63. The Bertz CT molecular complexity index is 527. The molecule has 0 aromatic heterocycles. The van der Waals surface area contributed by atoms with Gasteiger partial charge in [-0.2, -0.15) is 0 Å². The minimum atomic E-state index is -0.594. The van der Waals surface area contributed by atoms with Crippen LogP contribution in [0.25, 0.3) is 0 Å². The summed E-state index contributed by atoms with van der Waals surface area (Å²) in [6.07, 6.45) is 5.43. The number of carboxylic acids is 1. The van der Waals surface area contributed by atoms with Gasteiger partial charge in [-0.1, -0.05) is 24.3 Å². The van der Waals surface area contributed by atoms with Gasteiger partial charge in [0.05, 0.1) is 5.92 Å². The molecule has 100 valence electrons. The van der Waals surface area contributed by atoms with E-state index in [-0.39, 0.29) is 12.0 Å². The molecule has 1 N–H and O–H groups in total. The van der Waals surface area contributed by atoms with Gasteiger partial charge in [0.2, 0.25) is 0 Å². The summed E-state index contributed by atoms with van der Waals surface area (Å²) in [4.78, 5) is 13.9. The predicted octanol–water partition coefficient (Wildman–Crippen LogP) is 2.61. The Morgan fingerprint density at radius 1 is 1.21 bits per heavy atom. The van der Waals surface area contributed by atoms with Gasteiger partial charge in [-0.25, -0.2) is 0 Å². The van der Waals surface area contributed by atoms with Crippen molar-refractivity contribution in [2.24, 2.45) is 5.92 Å². The zero-order valence-electron chi connectivity index (χ0n) is 11.0. The number of carbonyl (C=O) groups is 1. The molecule has 4 atom stereocenters. The van der Waals surface area contributed by atoms with Gasteiger partial charge in [-0.3, -0.25) is 9.69 Å². The smallest absolute Gasteiger partial charge is 0.308 e. The van der Waals surface area contributed by atoms with E-state index in [0.717, 1.165) is 19.3 Å². The van der Waals surface area contributed by atoms with Gasteiger partial charge in [-0.05, 0) is 43.2 Å². The average molecular weight is 257 g/mol. The lowest BCUT2D eigenvalue weighted by atomic mass is 9.89. The molecule has 0 amide bonds. The van der Waals surface area contributed by atoms with Gasteiger partial charge in [0.25, 0.3) is 0 Å². The Labute approximate surface area is 113 Å². The van der Waals surface area contributed by atoms with Gasteiger partial charge < -0.3 is 5.11 Å². The van der Waals surface area contributed by atoms with E-state index in [1.807, 2.05) is 0 Å². The lowest BCUT2D eigenvalue weighted by molar-refractivity contribution is -0.142. The van der Waals surface area contributed by atoms with Crippen LogP contribution in [0.3, 0.4) is 0 Å². The first kappa shape index (κ1) is 11.5. The molecule has 2 saturated heterocycles. The third-order valence-electron chi connectivity index (χ3n) is 5.37. The van der Waals surface area contributed by atoms with E-state index >= 15 is 0 Å². The fourth-order valence-corrected chi connectivity index (χ4v) is 4.63. The SMILES string of the molecule is O=C(O)C1CC2CCC1N2C1CCc2ccccc21. The van der Waals surface area contributed by atoms with Crippen molar-refractivity contribution in [2.45, 2.75) is 50.2 Å². The van der Waals surface area contributed by atoms with E-state index in [1.54, 1.807) is 0 Å². The maximum Gasteiger partial charge on any atom is 0.308 e. The highest BCUT2D eigenvalue weighted by molar-refractivity contribution is 5.71. The van der Waals surface area contributed by atoms with E-state index in [0.29, 0.717) is 12.1 Å². The predicted molar refractivity (Wildman–Crippen MR) is 71.9 cm³/mol. The van der Waals surface area contributed by atoms with Crippen LogP contribution in [0.15, 0.2) is 24.3 Å². The lowest BCUT2D eigenvalue weighted by Gasteiger charge is -2.30. The number of aliphatic carboxylic acids is 1. The summed E-state index contributed by atoms with van der Waals surface area (Å²) in [5.41, 5.74) is 2.91. The number of hydrogen-bond donors (Lipinski definition) is 1. The average Bonchev–Trinajstić information content (AvgIpc) is 3.08. The number of nitrogens with zero attached hydrogens (tertiary/aromatic N) is 1. The molecule has 3 aliphatic rings. The number of benzene rings is 1. The van der Waals surface area contributed by atoms with E-state index < -0.39 is 5.97 Å². The minimum Gasteiger partial charge on any atom is -0.481 e. The summed E-state index contributed by atoms with van der Waals surface area (Å²) in [5.74, 6) is -0.727. The normalized spacial score (nSPS) is 36.6. The van der Waals surface area contributed by atoms with Crippen molar-refractivity contribution in [1.29, 1.82) is 0 Å². The van der Waals surface area contributed by atoms with Crippen molar-refractivity contribution in [3.05, 3.63) is 35.4 Å². The van der Waals surface area contributed by atoms with E-state index in [9.17, 15) is 9.90 Å². The van der Waals surface area contributed by atoms with Crippen molar-refractivity contribution in [3.63, 3.8) is 0 Å². The molecule has 2 bridgehead atoms. The van der Waals surface area contributed by atoms with Crippen LogP contribution in [0.4, 0.5) is 0 Å². The third-order valence-corrected chi connectivity index (χ3v) is 5.37. The monoisotopic (exact) mass is 257 g/mol. The highest BCUT2D eigenvalue weighted by atomic mass is 16.4. The number of fused-ring (bicyclic) bond motifs is 3. The molecule has 3 heteroatoms. The molecule has 3 nitrogen and oxygen atoms in total. The molecule has 1 aliphatic carbocycles. The molecule has 1 aromatic rings. The van der Waals surface area contributed by atoms with E-state index in [4.69, 9.17) is 0 Å². The first-order valence-corrected chi connectivity index (χ1v) is 7.34. The first-order chi connectivity index (χ1) is 9.25. The number of aryl methyl sites for hydroxylation is 1. The fraction of sp³-hybridized carbons (Fsp3) is 0.562. The van der Waals surface area contributed by atoms with Crippen LogP contribution in [-0.4, -0.2) is 28.1 Å². The standard InChI is InChI=1S/C16H19NO2/c18-16(19)13-9-11-6-8-15(13)17(11)14-7-5-10-3-1-2-4-12(10)14/h1-4,11,13-15H,5-9H2,(H,18,19). The molecule has 2 fully saturated rings. The second-order valence-electron chi connectivity index (χ2n) is 6.18. The lowest BCUT2D eigenvalue weighted by Crippen LogP contribution is -2.35. The van der Waals surface area contributed by atoms with Gasteiger partial charge in [0.15, 0.2) is 0 Å². The Balaban J connectivity index is 1.67. The molecule has 0 saturated carbocycles. The Hall–Kier alpha value is -1.35. The summed E-state index contributed by atoms with van der Waals surface area (Å²) in [5, 5.41) is 9.36. The van der Waals surface area contributed by atoms with Crippen molar-refractivity contribution < 1.29 is 9.90 Å². The third kappa shape index (κ3) is 1.57. The maximum absolute atomic E-state index is 11.4. The van der Waals surface area contributed by atoms with Crippen molar-refractivity contribution in [3.8, 4) is 0 Å². The molecule has 0 spiro atoms. The van der Waals surface area contributed by atoms with Crippen LogP contribution in [0.2, 0.25) is 0 Å². The maximum atomic E-state index is 11.4. The van der Waals surface area contributed by atoms with Crippen LogP contribution < -0.4 is 0 Å². The Morgan fingerprint density at radius 3 is 2.84 bits per heavy atom. The van der Waals surface area contributed by atoms with E-state index in [2.05, 4.69) is 29.2 Å². The van der Waals surface area contributed by atoms with Crippen LogP contribution in [-0.2, 0) is 11.2 Å². The van der Waals surface area contributed by atoms with Crippen molar-refractivity contribution >= 4 is 5.97 Å². The molecule has 4 unspecified atom stereocenters. The second kappa shape index (κ2) is 4.07. The molecule has 2 aliphatic heterocycles. The summed E-state index contributed by atoms with van der Waals surface area (Å²) < 4.78 is 0. The number of rotatable bonds is 2. The topological polar surface area (TPSA) is 40.5 Å². The largest absolute Gasteiger partial charge is 0.481 e. The molecule has 19 heavy (non-hydrogen) atoms. The highest BCUT2D eigenvalue weighted by Gasteiger charge is 2.52. The summed E-state index contributed by atoms with van der Waals surface area (Å²) in [6, 6.07) is 9.94. The van der Waals surface area contributed by atoms with Crippen molar-refractivity contribution in [1.82, 2.24) is 4.90 Å². The number of hydrogen-bond acceptors (Lipinski definition) is 2. The summed E-state index contributed by atoms with van der Waals surface area (Å²) >= 11 is 0. The number of carboxylic acid groups (broad SMARTS) is 1. The zero-order valence-corrected chi connectivity index (χ0v) is 11.0. The van der Waals surface area contributed by atoms with E-state index in [1.165, 1.54) is 24.0 Å². The summed E-state index contributed by atoms with van der Waals surface area (Å²) in [7, 11) is 0. The molecule has 4 rings (SSSR count). The minimum absolute atomic E-state index is 0.133. The second-order valence-corrected chi connectivity index (χ2v) is 6.18. The molecule has 0 radical (unpaired) electrons. The summed E-state index contributed by atoms with van der Waals surface area (Å²) in [6.45, 7) is 0. The molecule has 1 aromatic carbocycles. The van der Waals surface area contributed by atoms with Gasteiger partial charge in [0, 0.05) is 18.1 Å². The van der Waals surface area contributed by atoms with Gasteiger partial charge in [0.1, 0.15) is 0 Å². The molecular weight excluding hydrogens is 238 g/mol. The first-order valence-electron chi connectivity index (χ1n) is 7.34. The van der Waals surface area contributed by atoms with Gasteiger partial charge >= 0.3 is 5.97 Å². The molecule has 2 heterocycles. The van der Waals surface area contributed by atoms with Crippen LogP contribution in [0, 0.1) is 5.92 Å². The van der Waals surface area contributed by atoms with Gasteiger partial charge in [-0.15, -0.1) is 0 Å². The molecular formula is C16H19NO2. The van der Waals surface area contributed by atoms with Crippen LogP contribution >= 0.6 is 0 Å². The highest BCUT2D eigenvalue weighted by Crippen LogP contribution is 2.49. The Kier molecular flexibility index (Phi) is 2.46. The van der Waals surface area contributed by atoms with Crippen LogP contribution in [0.5, 0.6) is 0 Å². The Morgan fingerprint density at radius 2 is 2.05 bits per heavy atom. The van der Waals surface area contributed by atoms with Crippen molar-refractivity contribution in [2.75, 3.05) is 0 Å². The zero-order chi connectivity index (χ0) is 13.0.